The van der Waals surface area contributed by atoms with Crippen LogP contribution in [0.4, 0.5) is 4.79 Å². The molecule has 198 valence electrons. The van der Waals surface area contributed by atoms with Crippen LogP contribution in [0, 0.1) is 0 Å². The fourth-order valence-electron chi connectivity index (χ4n) is 6.80. The highest BCUT2D eigenvalue weighted by atomic mass is 16.2. The molecule has 38 heavy (non-hydrogen) atoms. The number of piperazine rings is 1. The van der Waals surface area contributed by atoms with Crippen LogP contribution in [0.15, 0.2) is 77.7 Å². The van der Waals surface area contributed by atoms with E-state index in [0.717, 1.165) is 61.0 Å². The Labute approximate surface area is 224 Å². The van der Waals surface area contributed by atoms with E-state index in [2.05, 4.69) is 26.9 Å². The summed E-state index contributed by atoms with van der Waals surface area (Å²) in [5.41, 5.74) is 10.1. The van der Waals surface area contributed by atoms with Gasteiger partial charge in [-0.15, -0.1) is 0 Å². The largest absolute Gasteiger partial charge is 0.361 e. The summed E-state index contributed by atoms with van der Waals surface area (Å²) in [5, 5.41) is 0. The maximum absolute atomic E-state index is 13.9. The number of hydrogen-bond donors (Lipinski definition) is 2. The van der Waals surface area contributed by atoms with Crippen molar-refractivity contribution < 1.29 is 4.79 Å². The minimum absolute atomic E-state index is 0.00327. The molecule has 2 aliphatic heterocycles. The van der Waals surface area contributed by atoms with Gasteiger partial charge in [0, 0.05) is 67.8 Å². The molecule has 3 heterocycles. The predicted molar refractivity (Wildman–Crippen MR) is 150 cm³/mol. The van der Waals surface area contributed by atoms with Gasteiger partial charge in [-0.1, -0.05) is 73.5 Å². The number of carbonyl (C=O) groups is 1. The SMILES string of the molecule is N[C@H]1C[C@@H](c2ccccc2)N(C(=O)N2CCN(Cc3c[nH]c(-c4ccccc4)cc3=O)C3(CCCC3)C2)C1. The summed E-state index contributed by atoms with van der Waals surface area (Å²) in [6.07, 6.45) is 7.09. The first kappa shape index (κ1) is 24.9. The standard InChI is InChI=1S/C31H37N5O2/c32-26-17-28(24-11-5-2-6-12-24)36(21-26)30(38)34-15-16-35(31(22-34)13-7-8-14-31)20-25-19-33-27(18-29(25)37)23-9-3-1-4-10-23/h1-6,9-12,18-19,26,28H,7-8,13-17,20-22,32H2,(H,33,37)/t26-,28-/m0/s1. The van der Waals surface area contributed by atoms with Crippen molar-refractivity contribution in [2.75, 3.05) is 26.2 Å². The quantitative estimate of drug-likeness (QED) is 0.545. The molecule has 1 aromatic heterocycles. The van der Waals surface area contributed by atoms with E-state index in [0.29, 0.717) is 26.2 Å². The molecule has 1 aliphatic carbocycles. The number of pyridine rings is 1. The third-order valence-electron chi connectivity index (χ3n) is 8.80. The second-order valence-electron chi connectivity index (χ2n) is 11.2. The Morgan fingerprint density at radius 2 is 1.71 bits per heavy atom. The summed E-state index contributed by atoms with van der Waals surface area (Å²) in [5.74, 6) is 0. The molecule has 3 aliphatic rings. The second kappa shape index (κ2) is 10.4. The highest BCUT2D eigenvalue weighted by Gasteiger charge is 2.47. The zero-order valence-electron chi connectivity index (χ0n) is 21.9. The third kappa shape index (κ3) is 4.76. The summed E-state index contributed by atoms with van der Waals surface area (Å²) >= 11 is 0. The molecule has 2 aromatic carbocycles. The first-order valence-corrected chi connectivity index (χ1v) is 13.9. The average molecular weight is 512 g/mol. The number of H-pyrrole nitrogens is 1. The Hall–Kier alpha value is -3.42. The number of nitrogens with one attached hydrogen (secondary N) is 1. The number of amides is 2. The number of rotatable bonds is 4. The van der Waals surface area contributed by atoms with Gasteiger partial charge in [-0.2, -0.15) is 0 Å². The molecule has 0 unspecified atom stereocenters. The molecule has 0 radical (unpaired) electrons. The maximum Gasteiger partial charge on any atom is 0.320 e. The molecule has 2 amide bonds. The first-order valence-electron chi connectivity index (χ1n) is 13.9. The van der Waals surface area contributed by atoms with Gasteiger partial charge in [-0.3, -0.25) is 9.69 Å². The molecule has 3 N–H and O–H groups in total. The van der Waals surface area contributed by atoms with Crippen molar-refractivity contribution in [2.24, 2.45) is 5.73 Å². The molecule has 0 bridgehead atoms. The summed E-state index contributed by atoms with van der Waals surface area (Å²) in [7, 11) is 0. The fraction of sp³-hybridized carbons (Fsp3) is 0.419. The highest BCUT2D eigenvalue weighted by molar-refractivity contribution is 5.76. The van der Waals surface area contributed by atoms with Crippen LogP contribution in [-0.2, 0) is 6.54 Å². The van der Waals surface area contributed by atoms with Crippen molar-refractivity contribution in [1.29, 1.82) is 0 Å². The summed E-state index contributed by atoms with van der Waals surface area (Å²) in [6.45, 7) is 3.33. The minimum atomic E-state index is -0.0808. The third-order valence-corrected chi connectivity index (χ3v) is 8.80. The van der Waals surface area contributed by atoms with Crippen molar-refractivity contribution in [3.05, 3.63) is 94.3 Å². The predicted octanol–water partition coefficient (Wildman–Crippen LogP) is 4.37. The Balaban J connectivity index is 1.19. The van der Waals surface area contributed by atoms with Crippen LogP contribution >= 0.6 is 0 Å². The van der Waals surface area contributed by atoms with Crippen LogP contribution in [0.3, 0.4) is 0 Å². The van der Waals surface area contributed by atoms with Crippen LogP contribution < -0.4 is 11.2 Å². The van der Waals surface area contributed by atoms with E-state index in [1.165, 1.54) is 0 Å². The Kier molecular flexibility index (Phi) is 6.80. The lowest BCUT2D eigenvalue weighted by molar-refractivity contribution is 0.00218. The second-order valence-corrected chi connectivity index (χ2v) is 11.2. The van der Waals surface area contributed by atoms with E-state index in [4.69, 9.17) is 5.73 Å². The van der Waals surface area contributed by atoms with Gasteiger partial charge in [0.15, 0.2) is 5.43 Å². The number of aromatic amines is 1. The van der Waals surface area contributed by atoms with Gasteiger partial charge in [0.25, 0.3) is 0 Å². The molecule has 6 rings (SSSR count). The lowest BCUT2D eigenvalue weighted by atomic mass is 9.91. The molecule has 7 heteroatoms. The highest BCUT2D eigenvalue weighted by Crippen LogP contribution is 2.40. The van der Waals surface area contributed by atoms with Crippen molar-refractivity contribution in [2.45, 2.75) is 56.3 Å². The zero-order chi connectivity index (χ0) is 26.1. The van der Waals surface area contributed by atoms with Crippen molar-refractivity contribution in [3.63, 3.8) is 0 Å². The molecule has 1 saturated carbocycles. The number of carbonyl (C=O) groups excluding carboxylic acids is 1. The maximum atomic E-state index is 13.9. The van der Waals surface area contributed by atoms with Gasteiger partial charge in [0.05, 0.1) is 6.04 Å². The van der Waals surface area contributed by atoms with Crippen LogP contribution in [0.2, 0.25) is 0 Å². The first-order chi connectivity index (χ1) is 18.5. The molecule has 3 fully saturated rings. The van der Waals surface area contributed by atoms with E-state index < -0.39 is 0 Å². The monoisotopic (exact) mass is 511 g/mol. The van der Waals surface area contributed by atoms with Crippen LogP contribution in [0.5, 0.6) is 0 Å². The lowest BCUT2D eigenvalue weighted by Crippen LogP contribution is -2.63. The number of urea groups is 1. The summed E-state index contributed by atoms with van der Waals surface area (Å²) in [6, 6.07) is 22.0. The number of likely N-dealkylation sites (tertiary alicyclic amines) is 1. The van der Waals surface area contributed by atoms with Crippen molar-refractivity contribution in [3.8, 4) is 11.3 Å². The molecular formula is C31H37N5O2. The smallest absolute Gasteiger partial charge is 0.320 e. The van der Waals surface area contributed by atoms with Crippen LogP contribution in [-0.4, -0.2) is 63.5 Å². The van der Waals surface area contributed by atoms with E-state index in [9.17, 15) is 9.59 Å². The molecule has 3 aromatic rings. The Bertz CT molecular complexity index is 1320. The van der Waals surface area contributed by atoms with Gasteiger partial charge >= 0.3 is 6.03 Å². The lowest BCUT2D eigenvalue weighted by Gasteiger charge is -2.50. The van der Waals surface area contributed by atoms with E-state index in [-0.39, 0.29) is 29.1 Å². The molecular weight excluding hydrogens is 474 g/mol. The van der Waals surface area contributed by atoms with Crippen molar-refractivity contribution >= 4 is 6.03 Å². The van der Waals surface area contributed by atoms with Crippen LogP contribution in [0.25, 0.3) is 11.3 Å². The number of aromatic nitrogens is 1. The molecule has 1 spiro atoms. The molecule has 7 nitrogen and oxygen atoms in total. The molecule has 2 saturated heterocycles. The van der Waals surface area contributed by atoms with Gasteiger partial charge in [0.2, 0.25) is 0 Å². The Morgan fingerprint density at radius 1 is 1.00 bits per heavy atom. The topological polar surface area (TPSA) is 85.7 Å². The number of hydrogen-bond acceptors (Lipinski definition) is 4. The number of nitrogens with two attached hydrogens (primary N) is 1. The number of benzene rings is 2. The summed E-state index contributed by atoms with van der Waals surface area (Å²) < 4.78 is 0. The van der Waals surface area contributed by atoms with Gasteiger partial charge in [-0.25, -0.2) is 4.79 Å². The van der Waals surface area contributed by atoms with E-state index in [1.54, 1.807) is 6.07 Å². The van der Waals surface area contributed by atoms with Crippen LogP contribution in [0.1, 0.15) is 49.3 Å². The summed E-state index contributed by atoms with van der Waals surface area (Å²) in [4.78, 5) is 36.9. The minimum Gasteiger partial charge on any atom is -0.361 e. The average Bonchev–Trinajstić information content (AvgIpc) is 3.58. The van der Waals surface area contributed by atoms with Crippen molar-refractivity contribution in [1.82, 2.24) is 19.7 Å². The fourth-order valence-corrected chi connectivity index (χ4v) is 6.80. The normalized spacial score (nSPS) is 23.3. The van der Waals surface area contributed by atoms with E-state index in [1.807, 2.05) is 59.6 Å². The number of nitrogens with zero attached hydrogens (tertiary/aromatic N) is 3. The van der Waals surface area contributed by atoms with E-state index >= 15 is 0 Å². The Morgan fingerprint density at radius 3 is 2.42 bits per heavy atom. The molecule has 2 atom stereocenters. The zero-order valence-corrected chi connectivity index (χ0v) is 21.9. The van der Waals surface area contributed by atoms with Gasteiger partial charge in [-0.05, 0) is 30.4 Å². The van der Waals surface area contributed by atoms with Gasteiger partial charge in [0.1, 0.15) is 0 Å². The van der Waals surface area contributed by atoms with Gasteiger partial charge < -0.3 is 20.5 Å².